The van der Waals surface area contributed by atoms with E-state index in [-0.39, 0.29) is 12.5 Å². The fourth-order valence-electron chi connectivity index (χ4n) is 2.77. The van der Waals surface area contributed by atoms with Crippen molar-refractivity contribution in [2.24, 2.45) is 5.92 Å². The van der Waals surface area contributed by atoms with Gasteiger partial charge in [-0.25, -0.2) is 0 Å². The molecule has 1 aliphatic rings. The van der Waals surface area contributed by atoms with Crippen molar-refractivity contribution in [2.75, 3.05) is 13.1 Å². The second kappa shape index (κ2) is 6.25. The number of carbonyl (C=O) groups excluding carboxylic acids is 1. The first-order valence-corrected chi connectivity index (χ1v) is 7.74. The number of tetrazole rings is 1. The summed E-state index contributed by atoms with van der Waals surface area (Å²) >= 11 is 0. The Balaban J connectivity index is 1.66. The van der Waals surface area contributed by atoms with Gasteiger partial charge in [0, 0.05) is 18.7 Å². The van der Waals surface area contributed by atoms with Crippen molar-refractivity contribution in [3.05, 3.63) is 29.8 Å². The van der Waals surface area contributed by atoms with E-state index < -0.39 is 0 Å². The van der Waals surface area contributed by atoms with Crippen LogP contribution in [0.5, 0.6) is 0 Å². The molecule has 0 N–H and O–H groups in total. The smallest absolute Gasteiger partial charge is 0.246 e. The lowest BCUT2D eigenvalue weighted by Gasteiger charge is -2.30. The summed E-state index contributed by atoms with van der Waals surface area (Å²) in [4.78, 5) is 15.6. The molecule has 6 heteroatoms. The number of carbonyl (C=O) groups is 1. The number of hydrogen-bond acceptors (Lipinski definition) is 4. The molecule has 0 saturated carbocycles. The van der Waals surface area contributed by atoms with E-state index in [0.717, 1.165) is 25.1 Å². The topological polar surface area (TPSA) is 63.9 Å². The fraction of sp³-hybridized carbons (Fsp3) is 0.500. The molecule has 1 aromatic heterocycles. The second-order valence-corrected chi connectivity index (χ2v) is 6.10. The van der Waals surface area contributed by atoms with Crippen molar-refractivity contribution in [3.63, 3.8) is 0 Å². The zero-order chi connectivity index (χ0) is 15.5. The Labute approximate surface area is 130 Å². The summed E-state index contributed by atoms with van der Waals surface area (Å²) in [5.41, 5.74) is 2.10. The first-order valence-electron chi connectivity index (χ1n) is 7.74. The Morgan fingerprint density at radius 2 is 2.09 bits per heavy atom. The Morgan fingerprint density at radius 3 is 2.82 bits per heavy atom. The highest BCUT2D eigenvalue weighted by Crippen LogP contribution is 2.16. The summed E-state index contributed by atoms with van der Waals surface area (Å²) in [5, 5.41) is 12.3. The molecule has 1 fully saturated rings. The molecular weight excluding hydrogens is 278 g/mol. The van der Waals surface area contributed by atoms with Crippen molar-refractivity contribution < 1.29 is 4.79 Å². The van der Waals surface area contributed by atoms with Gasteiger partial charge in [-0.3, -0.25) is 4.79 Å². The van der Waals surface area contributed by atoms with Gasteiger partial charge in [0.25, 0.3) is 0 Å². The molecule has 0 radical (unpaired) electrons. The van der Waals surface area contributed by atoms with Gasteiger partial charge >= 0.3 is 0 Å². The number of amides is 1. The summed E-state index contributed by atoms with van der Waals surface area (Å²) in [7, 11) is 0. The zero-order valence-electron chi connectivity index (χ0n) is 13.1. The number of aromatic nitrogens is 4. The molecule has 0 unspecified atom stereocenters. The minimum Gasteiger partial charge on any atom is -0.341 e. The van der Waals surface area contributed by atoms with E-state index >= 15 is 0 Å². The zero-order valence-corrected chi connectivity index (χ0v) is 13.1. The third-order valence-corrected chi connectivity index (χ3v) is 4.05. The molecular formula is C16H21N5O. The van der Waals surface area contributed by atoms with Gasteiger partial charge in [-0.2, -0.15) is 4.80 Å². The van der Waals surface area contributed by atoms with Gasteiger partial charge in [0.05, 0.1) is 0 Å². The van der Waals surface area contributed by atoms with Gasteiger partial charge in [-0.15, -0.1) is 10.2 Å². The molecule has 1 aromatic carbocycles. The SMILES string of the molecule is Cc1ccc(-c2nnn(CC(=O)N3CCC[C@@H](C)C3)n2)cc1. The summed E-state index contributed by atoms with van der Waals surface area (Å²) < 4.78 is 0. The van der Waals surface area contributed by atoms with Crippen LogP contribution in [0.3, 0.4) is 0 Å². The number of piperidine rings is 1. The van der Waals surface area contributed by atoms with Crippen LogP contribution in [0, 0.1) is 12.8 Å². The summed E-state index contributed by atoms with van der Waals surface area (Å²) in [5.74, 6) is 1.20. The van der Waals surface area contributed by atoms with Crippen LogP contribution in [0.4, 0.5) is 0 Å². The molecule has 116 valence electrons. The van der Waals surface area contributed by atoms with Gasteiger partial charge < -0.3 is 4.90 Å². The van der Waals surface area contributed by atoms with E-state index in [1.165, 1.54) is 16.8 Å². The van der Waals surface area contributed by atoms with Gasteiger partial charge in [-0.05, 0) is 30.9 Å². The molecule has 22 heavy (non-hydrogen) atoms. The number of likely N-dealkylation sites (tertiary alicyclic amines) is 1. The molecule has 2 aromatic rings. The van der Waals surface area contributed by atoms with Gasteiger partial charge in [0.2, 0.25) is 11.7 Å². The standard InChI is InChI=1S/C16H21N5O/c1-12-5-7-14(8-6-12)16-17-19-21(18-16)11-15(22)20-9-3-4-13(2)10-20/h5-8,13H,3-4,9-11H2,1-2H3/t13-/m1/s1. The molecule has 1 saturated heterocycles. The largest absolute Gasteiger partial charge is 0.341 e. The average Bonchev–Trinajstić information content (AvgIpc) is 2.96. The van der Waals surface area contributed by atoms with Gasteiger partial charge in [0.1, 0.15) is 6.54 Å². The molecule has 6 nitrogen and oxygen atoms in total. The Hall–Kier alpha value is -2.24. The van der Waals surface area contributed by atoms with E-state index in [9.17, 15) is 4.79 Å². The van der Waals surface area contributed by atoms with Crippen molar-refractivity contribution in [1.29, 1.82) is 0 Å². The first kappa shape index (κ1) is 14.7. The van der Waals surface area contributed by atoms with Crippen LogP contribution in [-0.4, -0.2) is 44.1 Å². The van der Waals surface area contributed by atoms with Crippen LogP contribution >= 0.6 is 0 Å². The van der Waals surface area contributed by atoms with Crippen LogP contribution < -0.4 is 0 Å². The Kier molecular flexibility index (Phi) is 4.18. The van der Waals surface area contributed by atoms with E-state index in [4.69, 9.17) is 0 Å². The minimum absolute atomic E-state index is 0.0689. The van der Waals surface area contributed by atoms with Gasteiger partial charge in [-0.1, -0.05) is 36.8 Å². The highest BCUT2D eigenvalue weighted by Gasteiger charge is 2.21. The predicted molar refractivity (Wildman–Crippen MR) is 83.0 cm³/mol. The van der Waals surface area contributed by atoms with E-state index in [2.05, 4.69) is 22.3 Å². The fourth-order valence-corrected chi connectivity index (χ4v) is 2.77. The van der Waals surface area contributed by atoms with Crippen LogP contribution in [-0.2, 0) is 11.3 Å². The summed E-state index contributed by atoms with van der Waals surface area (Å²) in [6.07, 6.45) is 2.27. The third kappa shape index (κ3) is 3.32. The number of benzene rings is 1. The maximum atomic E-state index is 12.3. The van der Waals surface area contributed by atoms with Crippen molar-refractivity contribution in [3.8, 4) is 11.4 Å². The predicted octanol–water partition coefficient (Wildman–Crippen LogP) is 1.91. The van der Waals surface area contributed by atoms with Crippen molar-refractivity contribution in [2.45, 2.75) is 33.2 Å². The normalized spacial score (nSPS) is 18.5. The molecule has 0 aliphatic carbocycles. The molecule has 1 amide bonds. The van der Waals surface area contributed by atoms with Gasteiger partial charge in [0.15, 0.2) is 0 Å². The van der Waals surface area contributed by atoms with Crippen LogP contribution in [0.15, 0.2) is 24.3 Å². The highest BCUT2D eigenvalue weighted by atomic mass is 16.2. The monoisotopic (exact) mass is 299 g/mol. The van der Waals surface area contributed by atoms with E-state index in [1.807, 2.05) is 36.1 Å². The van der Waals surface area contributed by atoms with Crippen LogP contribution in [0.2, 0.25) is 0 Å². The molecule has 1 atom stereocenters. The number of hydrogen-bond donors (Lipinski definition) is 0. The number of aryl methyl sites for hydroxylation is 1. The Bertz CT molecular complexity index is 649. The quantitative estimate of drug-likeness (QED) is 0.868. The van der Waals surface area contributed by atoms with Crippen LogP contribution in [0.25, 0.3) is 11.4 Å². The van der Waals surface area contributed by atoms with E-state index in [1.54, 1.807) is 0 Å². The molecule has 0 spiro atoms. The highest BCUT2D eigenvalue weighted by molar-refractivity contribution is 5.75. The van der Waals surface area contributed by atoms with Crippen molar-refractivity contribution in [1.82, 2.24) is 25.1 Å². The molecule has 2 heterocycles. The number of rotatable bonds is 3. The number of nitrogens with zero attached hydrogens (tertiary/aromatic N) is 5. The maximum Gasteiger partial charge on any atom is 0.246 e. The van der Waals surface area contributed by atoms with E-state index in [0.29, 0.717) is 11.7 Å². The average molecular weight is 299 g/mol. The lowest BCUT2D eigenvalue weighted by atomic mass is 10.0. The van der Waals surface area contributed by atoms with Crippen LogP contribution in [0.1, 0.15) is 25.3 Å². The lowest BCUT2D eigenvalue weighted by Crippen LogP contribution is -2.41. The molecule has 3 rings (SSSR count). The summed E-state index contributed by atoms with van der Waals surface area (Å²) in [6.45, 7) is 6.04. The maximum absolute atomic E-state index is 12.3. The summed E-state index contributed by atoms with van der Waals surface area (Å²) in [6, 6.07) is 7.95. The lowest BCUT2D eigenvalue weighted by molar-refractivity contribution is -0.134. The second-order valence-electron chi connectivity index (χ2n) is 6.10. The molecule has 0 bridgehead atoms. The van der Waals surface area contributed by atoms with Crippen molar-refractivity contribution >= 4 is 5.91 Å². The third-order valence-electron chi connectivity index (χ3n) is 4.05. The Morgan fingerprint density at radius 1 is 1.32 bits per heavy atom. The minimum atomic E-state index is 0.0689. The first-order chi connectivity index (χ1) is 10.6. The molecule has 1 aliphatic heterocycles.